The molecule has 1 aliphatic rings. The zero-order chi connectivity index (χ0) is 18.2. The van der Waals surface area contributed by atoms with Crippen molar-refractivity contribution in [2.45, 2.75) is 41.9 Å². The Labute approximate surface area is 159 Å². The Morgan fingerprint density at radius 1 is 0.962 bits per heavy atom. The van der Waals surface area contributed by atoms with E-state index in [1.807, 2.05) is 54.6 Å². The maximum atomic E-state index is 12.5. The van der Waals surface area contributed by atoms with Crippen molar-refractivity contribution in [3.05, 3.63) is 54.6 Å². The maximum Gasteiger partial charge on any atom is 0.244 e. The average molecular weight is 369 g/mol. The molecule has 0 spiro atoms. The first kappa shape index (κ1) is 18.5. The molecule has 5 heteroatoms. The molecule has 0 bridgehead atoms. The monoisotopic (exact) mass is 368 g/mol. The molecule has 1 aliphatic heterocycles. The van der Waals surface area contributed by atoms with E-state index in [0.717, 1.165) is 41.2 Å². The highest BCUT2D eigenvalue weighted by atomic mass is 32.2. The predicted molar refractivity (Wildman–Crippen MR) is 105 cm³/mol. The molecule has 1 heterocycles. The van der Waals surface area contributed by atoms with Gasteiger partial charge in [0.25, 0.3) is 0 Å². The summed E-state index contributed by atoms with van der Waals surface area (Å²) in [6.45, 7) is 0.801. The number of rotatable bonds is 5. The summed E-state index contributed by atoms with van der Waals surface area (Å²) in [5.74, 6) is -0.0492. The minimum Gasteiger partial charge on any atom is -0.333 e. The van der Waals surface area contributed by atoms with E-state index in [1.54, 1.807) is 16.7 Å². The van der Waals surface area contributed by atoms with Crippen LogP contribution in [-0.2, 0) is 9.59 Å². The molecule has 2 amide bonds. The van der Waals surface area contributed by atoms with Crippen molar-refractivity contribution < 1.29 is 9.59 Å². The van der Waals surface area contributed by atoms with Crippen LogP contribution in [0, 0.1) is 0 Å². The van der Waals surface area contributed by atoms with Crippen LogP contribution in [-0.4, -0.2) is 29.8 Å². The van der Waals surface area contributed by atoms with Gasteiger partial charge in [-0.25, -0.2) is 0 Å². The van der Waals surface area contributed by atoms with Gasteiger partial charge in [0, 0.05) is 22.8 Å². The highest BCUT2D eigenvalue weighted by molar-refractivity contribution is 7.99. The third kappa shape index (κ3) is 5.36. The molecule has 1 N–H and O–H groups in total. The molecule has 0 atom stereocenters. The van der Waals surface area contributed by atoms with Crippen molar-refractivity contribution in [1.29, 1.82) is 0 Å². The fraction of sp³-hybridized carbons (Fsp3) is 0.333. The number of carbonyl (C=O) groups excluding carboxylic acids is 2. The second-order valence-corrected chi connectivity index (χ2v) is 7.55. The lowest BCUT2D eigenvalue weighted by atomic mass is 10.1. The van der Waals surface area contributed by atoms with Crippen molar-refractivity contribution in [3.63, 3.8) is 0 Å². The summed E-state index contributed by atoms with van der Waals surface area (Å²) in [6, 6.07) is 17.8. The molecule has 1 saturated heterocycles. The summed E-state index contributed by atoms with van der Waals surface area (Å²) in [6.07, 6.45) is 4.68. The van der Waals surface area contributed by atoms with Crippen molar-refractivity contribution in [1.82, 2.24) is 4.90 Å². The molecule has 1 fully saturated rings. The number of nitrogens with zero attached hydrogens (tertiary/aromatic N) is 1. The maximum absolute atomic E-state index is 12.5. The molecule has 2 aromatic carbocycles. The molecule has 0 radical (unpaired) electrons. The van der Waals surface area contributed by atoms with E-state index in [1.165, 1.54) is 0 Å². The number of para-hydroxylation sites is 1. The Kier molecular flexibility index (Phi) is 6.72. The van der Waals surface area contributed by atoms with Crippen LogP contribution in [0.4, 0.5) is 5.69 Å². The molecule has 4 nitrogen and oxygen atoms in total. The van der Waals surface area contributed by atoms with Gasteiger partial charge in [-0.1, -0.05) is 54.9 Å². The van der Waals surface area contributed by atoms with E-state index in [4.69, 9.17) is 0 Å². The van der Waals surface area contributed by atoms with Crippen LogP contribution < -0.4 is 5.32 Å². The Balaban J connectivity index is 1.64. The Morgan fingerprint density at radius 3 is 2.54 bits per heavy atom. The van der Waals surface area contributed by atoms with Gasteiger partial charge in [-0.3, -0.25) is 9.59 Å². The molecular weight excluding hydrogens is 344 g/mol. The molecule has 0 unspecified atom stereocenters. The zero-order valence-corrected chi connectivity index (χ0v) is 15.6. The second-order valence-electron chi connectivity index (χ2n) is 6.44. The lowest BCUT2D eigenvalue weighted by molar-refractivity contribution is -0.135. The SMILES string of the molecule is O=C(CN1CCCCCCC1=O)Nc1ccccc1Sc1ccccc1. The van der Waals surface area contributed by atoms with Crippen LogP contribution in [0.3, 0.4) is 0 Å². The van der Waals surface area contributed by atoms with Gasteiger partial charge in [0.05, 0.1) is 12.2 Å². The summed E-state index contributed by atoms with van der Waals surface area (Å²) in [7, 11) is 0. The lowest BCUT2D eigenvalue weighted by Gasteiger charge is -2.24. The number of amides is 2. The van der Waals surface area contributed by atoms with Gasteiger partial charge in [-0.2, -0.15) is 0 Å². The van der Waals surface area contributed by atoms with Gasteiger partial charge in [-0.15, -0.1) is 0 Å². The number of carbonyl (C=O) groups is 2. The summed E-state index contributed by atoms with van der Waals surface area (Å²) in [5.41, 5.74) is 0.783. The van der Waals surface area contributed by atoms with Crippen LogP contribution in [0.1, 0.15) is 32.1 Å². The Hall–Kier alpha value is -2.27. The van der Waals surface area contributed by atoms with Crippen molar-refractivity contribution in [3.8, 4) is 0 Å². The molecule has 2 aromatic rings. The number of nitrogens with one attached hydrogen (secondary N) is 1. The number of benzene rings is 2. The topological polar surface area (TPSA) is 49.4 Å². The highest BCUT2D eigenvalue weighted by Crippen LogP contribution is 2.33. The fourth-order valence-electron chi connectivity index (χ4n) is 3.02. The van der Waals surface area contributed by atoms with Crippen LogP contribution in [0.2, 0.25) is 0 Å². The molecule has 0 aliphatic carbocycles. The lowest BCUT2D eigenvalue weighted by Crippen LogP contribution is -2.39. The Bertz CT molecular complexity index is 749. The van der Waals surface area contributed by atoms with E-state index in [2.05, 4.69) is 5.32 Å². The molecule has 26 heavy (non-hydrogen) atoms. The summed E-state index contributed by atoms with van der Waals surface area (Å²) in [5, 5.41) is 2.98. The average Bonchev–Trinajstić information content (AvgIpc) is 2.64. The van der Waals surface area contributed by atoms with E-state index in [0.29, 0.717) is 13.0 Å². The molecule has 3 rings (SSSR count). The molecule has 136 valence electrons. The van der Waals surface area contributed by atoms with Crippen molar-refractivity contribution in [2.75, 3.05) is 18.4 Å². The number of hydrogen-bond acceptors (Lipinski definition) is 3. The summed E-state index contributed by atoms with van der Waals surface area (Å²) < 4.78 is 0. The van der Waals surface area contributed by atoms with Gasteiger partial charge in [-0.05, 0) is 37.1 Å². The first-order chi connectivity index (χ1) is 12.7. The predicted octanol–water partition coefficient (Wildman–Crippen LogP) is 4.57. The van der Waals surface area contributed by atoms with Gasteiger partial charge in [0.15, 0.2) is 0 Å². The number of hydrogen-bond donors (Lipinski definition) is 1. The minimum absolute atomic E-state index is 0.0896. The largest absolute Gasteiger partial charge is 0.333 e. The summed E-state index contributed by atoms with van der Waals surface area (Å²) >= 11 is 1.61. The second kappa shape index (κ2) is 9.43. The van der Waals surface area contributed by atoms with Crippen molar-refractivity contribution >= 4 is 29.3 Å². The minimum atomic E-state index is -0.139. The smallest absolute Gasteiger partial charge is 0.244 e. The third-order valence-corrected chi connectivity index (χ3v) is 5.47. The van der Waals surface area contributed by atoms with E-state index in [9.17, 15) is 9.59 Å². The van der Waals surface area contributed by atoms with E-state index < -0.39 is 0 Å². The van der Waals surface area contributed by atoms with E-state index >= 15 is 0 Å². The molecule has 0 aromatic heterocycles. The van der Waals surface area contributed by atoms with Crippen LogP contribution in [0.15, 0.2) is 64.4 Å². The number of likely N-dealkylation sites (tertiary alicyclic amines) is 1. The number of anilines is 1. The summed E-state index contributed by atoms with van der Waals surface area (Å²) in [4.78, 5) is 28.5. The van der Waals surface area contributed by atoms with Crippen LogP contribution >= 0.6 is 11.8 Å². The molecular formula is C21H24N2O2S. The van der Waals surface area contributed by atoms with Gasteiger partial charge in [0.2, 0.25) is 11.8 Å². The Morgan fingerprint density at radius 2 is 1.69 bits per heavy atom. The van der Waals surface area contributed by atoms with Crippen LogP contribution in [0.25, 0.3) is 0 Å². The standard InChI is InChI=1S/C21H24N2O2S/c24-20(16-23-15-9-2-1-6-14-21(23)25)22-18-12-7-8-13-19(18)26-17-10-4-3-5-11-17/h3-5,7-8,10-13H,1-2,6,9,14-16H2,(H,22,24). The first-order valence-corrected chi connectivity index (χ1v) is 9.93. The first-order valence-electron chi connectivity index (χ1n) is 9.12. The zero-order valence-electron chi connectivity index (χ0n) is 14.8. The third-order valence-electron chi connectivity index (χ3n) is 4.39. The van der Waals surface area contributed by atoms with Crippen molar-refractivity contribution in [2.24, 2.45) is 0 Å². The van der Waals surface area contributed by atoms with Gasteiger partial charge < -0.3 is 10.2 Å². The van der Waals surface area contributed by atoms with E-state index in [-0.39, 0.29) is 18.4 Å². The van der Waals surface area contributed by atoms with Gasteiger partial charge in [0.1, 0.15) is 0 Å². The highest BCUT2D eigenvalue weighted by Gasteiger charge is 2.19. The normalized spacial score (nSPS) is 15.2. The quantitative estimate of drug-likeness (QED) is 0.841. The van der Waals surface area contributed by atoms with Crippen LogP contribution in [0.5, 0.6) is 0 Å². The fourth-order valence-corrected chi connectivity index (χ4v) is 3.94. The van der Waals surface area contributed by atoms with Gasteiger partial charge >= 0.3 is 0 Å². The molecule has 0 saturated carbocycles.